The Bertz CT molecular complexity index is 374. The second kappa shape index (κ2) is 14.2. The van der Waals surface area contributed by atoms with Crippen molar-refractivity contribution in [2.45, 2.75) is 40.5 Å². The van der Waals surface area contributed by atoms with Crippen LogP contribution in [0.1, 0.15) is 40.5 Å². The van der Waals surface area contributed by atoms with Gasteiger partial charge in [-0.3, -0.25) is 0 Å². The molecule has 0 atom stereocenters. The fourth-order valence-electron chi connectivity index (χ4n) is 0.813. The third-order valence-electron chi connectivity index (χ3n) is 1.95. The molecule has 0 rings (SSSR count). The van der Waals surface area contributed by atoms with Crippen LogP contribution in [0.2, 0.25) is 0 Å². The monoisotopic (exact) mass is 379 g/mol. The maximum atomic E-state index is 5.12. The summed E-state index contributed by atoms with van der Waals surface area (Å²) in [5.41, 5.74) is 1.16. The fourth-order valence-corrected chi connectivity index (χ4v) is 1.06. The van der Waals surface area contributed by atoms with E-state index in [4.69, 9.17) is 34.7 Å². The molecule has 0 aliphatic heterocycles. The Morgan fingerprint density at radius 3 is 1.38 bits per heavy atom. The van der Waals surface area contributed by atoms with Crippen LogP contribution in [0.3, 0.4) is 0 Å². The molecule has 21 heavy (non-hydrogen) atoms. The van der Waals surface area contributed by atoms with Gasteiger partial charge in [-0.05, 0) is 26.7 Å². The van der Waals surface area contributed by atoms with E-state index in [2.05, 4.69) is 20.4 Å². The van der Waals surface area contributed by atoms with Gasteiger partial charge in [0, 0.05) is 0 Å². The molecule has 0 aromatic carbocycles. The van der Waals surface area contributed by atoms with Gasteiger partial charge in [0.15, 0.2) is 0 Å². The first-order chi connectivity index (χ1) is 9.51. The van der Waals surface area contributed by atoms with Gasteiger partial charge in [0.2, 0.25) is 0 Å². The van der Waals surface area contributed by atoms with Crippen molar-refractivity contribution in [3.8, 4) is 0 Å². The van der Waals surface area contributed by atoms with Gasteiger partial charge in [0.05, 0.1) is 35.1 Å². The van der Waals surface area contributed by atoms with Gasteiger partial charge < -0.3 is 34.7 Å². The summed E-state index contributed by atoms with van der Waals surface area (Å²) in [4.78, 5) is 0. The van der Waals surface area contributed by atoms with Crippen molar-refractivity contribution >= 4 is 47.1 Å². The molecule has 9 heteroatoms. The molecule has 0 aromatic heterocycles. The van der Waals surface area contributed by atoms with Gasteiger partial charge in [0.25, 0.3) is 0 Å². The minimum absolute atomic E-state index is 0. The zero-order chi connectivity index (χ0) is 15.4. The van der Waals surface area contributed by atoms with E-state index >= 15 is 0 Å². The molecule has 0 heterocycles. The summed E-state index contributed by atoms with van der Waals surface area (Å²) in [7, 11) is 0. The smallest absolute Gasteiger partial charge is 0.720 e. The first-order valence-electron chi connectivity index (χ1n) is 6.35. The normalized spacial score (nSPS) is 13.7. The van der Waals surface area contributed by atoms with Crippen LogP contribution in [0.15, 0.2) is 20.4 Å². The molecular weight excluding hydrogens is 360 g/mol. The second-order valence-electron chi connectivity index (χ2n) is 3.80. The van der Waals surface area contributed by atoms with Crippen molar-refractivity contribution in [1.82, 2.24) is 0 Å². The van der Waals surface area contributed by atoms with Crippen LogP contribution in [0.5, 0.6) is 0 Å². The van der Waals surface area contributed by atoms with E-state index in [1.54, 1.807) is 13.8 Å². The van der Waals surface area contributed by atoms with E-state index in [0.29, 0.717) is 24.6 Å². The number of nitrogens with zero attached hydrogens (tertiary/aromatic N) is 4. The summed E-state index contributed by atoms with van der Waals surface area (Å²) in [6.45, 7) is 8.52. The quantitative estimate of drug-likeness (QED) is 0.224. The van der Waals surface area contributed by atoms with E-state index < -0.39 is 0 Å². The van der Waals surface area contributed by atoms with Gasteiger partial charge in [-0.2, -0.15) is 10.2 Å². The summed E-state index contributed by atoms with van der Waals surface area (Å²) in [5.74, 6) is 0. The van der Waals surface area contributed by atoms with Crippen molar-refractivity contribution < 1.29 is 26.5 Å². The molecule has 0 unspecified atom stereocenters. The zero-order valence-electron chi connectivity index (χ0n) is 12.6. The van der Waals surface area contributed by atoms with Crippen LogP contribution in [0.4, 0.5) is 0 Å². The summed E-state index contributed by atoms with van der Waals surface area (Å²) >= 11 is 9.76. The van der Waals surface area contributed by atoms with E-state index in [-0.39, 0.29) is 27.5 Å². The Morgan fingerprint density at radius 2 is 1.10 bits per heavy atom. The first kappa shape index (κ1) is 22.5. The van der Waals surface area contributed by atoms with Crippen molar-refractivity contribution in [3.05, 3.63) is 0 Å². The van der Waals surface area contributed by atoms with Crippen LogP contribution in [0.25, 0.3) is 0 Å². The van der Waals surface area contributed by atoms with Crippen LogP contribution in [0, 0.1) is 0 Å². The van der Waals surface area contributed by atoms with E-state index in [1.807, 2.05) is 13.8 Å². The van der Waals surface area contributed by atoms with Gasteiger partial charge in [-0.1, -0.05) is 13.8 Å². The average molecular weight is 380 g/mol. The SMILES string of the molecule is CCCO/C([S-])=N/N=C(C)/C(C)=N/N=C(\[S-])OCCC.[Cu+2]. The summed E-state index contributed by atoms with van der Waals surface area (Å²) in [6.07, 6.45) is 1.74. The number of hydrogen-bond donors (Lipinski definition) is 0. The maximum absolute atomic E-state index is 5.12. The predicted molar refractivity (Wildman–Crippen MR) is 88.3 cm³/mol. The Morgan fingerprint density at radius 1 is 0.762 bits per heavy atom. The third-order valence-corrected chi connectivity index (χ3v) is 2.35. The topological polar surface area (TPSA) is 67.9 Å². The molecule has 0 aliphatic carbocycles. The largest absolute Gasteiger partial charge is 2.00 e. The molecule has 1 radical (unpaired) electrons. The van der Waals surface area contributed by atoms with Crippen molar-refractivity contribution in [2.24, 2.45) is 20.4 Å². The Balaban J connectivity index is 0. The van der Waals surface area contributed by atoms with Gasteiger partial charge >= 0.3 is 17.1 Å². The molecule has 0 saturated carbocycles. The second-order valence-corrected chi connectivity index (χ2v) is 4.50. The summed E-state index contributed by atoms with van der Waals surface area (Å²) in [5, 5.41) is 15.6. The first-order valence-corrected chi connectivity index (χ1v) is 7.17. The molecular formula is C12H20CuN4O2S2. The number of ether oxygens (including phenoxy) is 2. The molecule has 0 fully saturated rings. The molecule has 123 valence electrons. The molecule has 0 bridgehead atoms. The Labute approximate surface area is 147 Å². The maximum Gasteiger partial charge on any atom is 2.00 e. The van der Waals surface area contributed by atoms with Gasteiger partial charge in [0.1, 0.15) is 0 Å². The van der Waals surface area contributed by atoms with Crippen LogP contribution in [-0.4, -0.2) is 35.1 Å². The molecule has 0 N–H and O–H groups in total. The van der Waals surface area contributed by atoms with Crippen molar-refractivity contribution in [1.29, 1.82) is 0 Å². The van der Waals surface area contributed by atoms with Crippen molar-refractivity contribution in [3.63, 3.8) is 0 Å². The molecule has 6 nitrogen and oxygen atoms in total. The Kier molecular flexibility index (Phi) is 15.2. The van der Waals surface area contributed by atoms with Gasteiger partial charge in [-0.25, -0.2) is 0 Å². The average Bonchev–Trinajstić information content (AvgIpc) is 2.45. The predicted octanol–water partition coefficient (Wildman–Crippen LogP) is 2.39. The minimum atomic E-state index is 0. The van der Waals surface area contributed by atoms with E-state index in [0.717, 1.165) is 12.8 Å². The van der Waals surface area contributed by atoms with E-state index in [1.165, 1.54) is 0 Å². The molecule has 0 aromatic rings. The fraction of sp³-hybridized carbons (Fsp3) is 0.667. The Hall–Kier alpha value is -0.761. The van der Waals surface area contributed by atoms with Crippen LogP contribution >= 0.6 is 0 Å². The minimum Gasteiger partial charge on any atom is -0.720 e. The molecule has 0 aliphatic rings. The standard InChI is InChI=1S/C12H22N4O2S2.Cu/c1-5-7-17-11(19)15-13-9(3)10(4)14-16-12(20)18-8-6-2;/h5-8H2,1-4H3,(H,15,19)(H,16,20);/q;+2/p-2/b13-9+,14-10+;. The molecule has 0 saturated heterocycles. The molecule has 0 spiro atoms. The number of rotatable bonds is 7. The summed E-state index contributed by atoms with van der Waals surface area (Å²) < 4.78 is 10.2. The van der Waals surface area contributed by atoms with Crippen LogP contribution < -0.4 is 0 Å². The summed E-state index contributed by atoms with van der Waals surface area (Å²) in [6, 6.07) is 0. The van der Waals surface area contributed by atoms with E-state index in [9.17, 15) is 0 Å². The number of hydrogen-bond acceptors (Lipinski definition) is 8. The van der Waals surface area contributed by atoms with Crippen molar-refractivity contribution in [2.75, 3.05) is 13.2 Å². The van der Waals surface area contributed by atoms with Gasteiger partial charge in [-0.15, -0.1) is 10.2 Å². The molecule has 0 amide bonds. The van der Waals surface area contributed by atoms with Crippen LogP contribution in [-0.2, 0) is 51.8 Å². The third kappa shape index (κ3) is 12.7. The zero-order valence-corrected chi connectivity index (χ0v) is 15.1.